The van der Waals surface area contributed by atoms with Gasteiger partial charge in [0.15, 0.2) is 11.5 Å². The molecule has 5 nitrogen and oxygen atoms in total. The van der Waals surface area contributed by atoms with Gasteiger partial charge < -0.3 is 24.4 Å². The van der Waals surface area contributed by atoms with Gasteiger partial charge >= 0.3 is 0 Å². The zero-order valence-electron chi connectivity index (χ0n) is 15.3. The summed E-state index contributed by atoms with van der Waals surface area (Å²) in [6, 6.07) is 12.0. The molecule has 0 atom stereocenters. The molecule has 1 aliphatic heterocycles. The molecule has 0 bridgehead atoms. The Labute approximate surface area is 163 Å². The maximum atomic E-state index is 10.4. The maximum Gasteiger partial charge on any atom is 0.166 e. The molecule has 1 aliphatic rings. The van der Waals surface area contributed by atoms with E-state index in [0.717, 1.165) is 48.5 Å². The van der Waals surface area contributed by atoms with Gasteiger partial charge in [0.25, 0.3) is 0 Å². The molecule has 0 aliphatic carbocycles. The summed E-state index contributed by atoms with van der Waals surface area (Å²) >= 11 is 3.49. The number of hydrogen-bond donors (Lipinski definition) is 2. The molecule has 3 rings (SSSR count). The van der Waals surface area contributed by atoms with E-state index in [2.05, 4.69) is 33.0 Å². The molecule has 1 fully saturated rings. The van der Waals surface area contributed by atoms with Crippen molar-refractivity contribution in [2.24, 2.45) is 0 Å². The molecule has 2 aromatic rings. The number of nitrogens with one attached hydrogen (secondary N) is 1. The zero-order chi connectivity index (χ0) is 18.5. The number of piperazine rings is 1. The monoisotopic (exact) mass is 421 g/mol. The molecule has 1 saturated heterocycles. The number of anilines is 1. The largest absolute Gasteiger partial charge is 0.504 e. The second-order valence-corrected chi connectivity index (χ2v) is 7.35. The first kappa shape index (κ1) is 18.9. The van der Waals surface area contributed by atoms with Crippen molar-refractivity contribution in [2.75, 3.05) is 44.8 Å². The highest BCUT2D eigenvalue weighted by Gasteiger charge is 2.24. The minimum Gasteiger partial charge on any atom is -0.504 e. The van der Waals surface area contributed by atoms with E-state index in [1.807, 2.05) is 25.1 Å². The molecular formula is C20H26BrN2O3+. The van der Waals surface area contributed by atoms with E-state index in [1.165, 1.54) is 10.6 Å². The lowest BCUT2D eigenvalue weighted by molar-refractivity contribution is -0.914. The molecule has 0 aromatic heterocycles. The Morgan fingerprint density at radius 3 is 2.58 bits per heavy atom. The highest BCUT2D eigenvalue weighted by Crippen LogP contribution is 2.33. The van der Waals surface area contributed by atoms with Gasteiger partial charge in [-0.15, -0.1) is 0 Å². The number of methoxy groups -OCH3 is 1. The van der Waals surface area contributed by atoms with E-state index < -0.39 is 0 Å². The van der Waals surface area contributed by atoms with Gasteiger partial charge in [0.2, 0.25) is 0 Å². The van der Waals surface area contributed by atoms with Crippen LogP contribution in [0.1, 0.15) is 12.5 Å². The van der Waals surface area contributed by atoms with Crippen molar-refractivity contribution in [3.8, 4) is 17.2 Å². The van der Waals surface area contributed by atoms with E-state index in [-0.39, 0.29) is 5.75 Å². The summed E-state index contributed by atoms with van der Waals surface area (Å²) in [6.45, 7) is 7.41. The number of halogens is 1. The highest BCUT2D eigenvalue weighted by atomic mass is 79.9. The number of para-hydroxylation sites is 2. The van der Waals surface area contributed by atoms with Crippen LogP contribution in [0.15, 0.2) is 40.9 Å². The molecule has 0 spiro atoms. The number of rotatable bonds is 6. The summed E-state index contributed by atoms with van der Waals surface area (Å²) in [6.07, 6.45) is 0. The number of phenols is 1. The van der Waals surface area contributed by atoms with Gasteiger partial charge in [0.05, 0.1) is 51.1 Å². The van der Waals surface area contributed by atoms with Crippen LogP contribution in [-0.2, 0) is 6.54 Å². The minimum absolute atomic E-state index is 0.243. The first-order valence-corrected chi connectivity index (χ1v) is 9.77. The first-order chi connectivity index (χ1) is 12.6. The zero-order valence-corrected chi connectivity index (χ0v) is 16.9. The van der Waals surface area contributed by atoms with Crippen LogP contribution >= 0.6 is 15.9 Å². The predicted molar refractivity (Wildman–Crippen MR) is 107 cm³/mol. The van der Waals surface area contributed by atoms with Crippen molar-refractivity contribution < 1.29 is 19.5 Å². The Morgan fingerprint density at radius 1 is 1.15 bits per heavy atom. The van der Waals surface area contributed by atoms with E-state index in [0.29, 0.717) is 12.4 Å². The average Bonchev–Trinajstić information content (AvgIpc) is 2.66. The van der Waals surface area contributed by atoms with Crippen LogP contribution in [-0.4, -0.2) is 45.0 Å². The number of hydrogen-bond acceptors (Lipinski definition) is 4. The van der Waals surface area contributed by atoms with Crippen molar-refractivity contribution in [2.45, 2.75) is 13.5 Å². The first-order valence-electron chi connectivity index (χ1n) is 8.98. The lowest BCUT2D eigenvalue weighted by Crippen LogP contribution is -3.13. The predicted octanol–water partition coefficient (Wildman–Crippen LogP) is 2.47. The fraction of sp³-hybridized carbons (Fsp3) is 0.400. The molecule has 0 saturated carbocycles. The van der Waals surface area contributed by atoms with Crippen LogP contribution in [0.5, 0.6) is 17.2 Å². The smallest absolute Gasteiger partial charge is 0.166 e. The molecule has 2 N–H and O–H groups in total. The number of ether oxygens (including phenoxy) is 2. The molecule has 6 heteroatoms. The van der Waals surface area contributed by atoms with Crippen molar-refractivity contribution in [1.82, 2.24) is 0 Å². The third-order valence-electron chi connectivity index (χ3n) is 4.76. The molecule has 140 valence electrons. The number of benzene rings is 2. The van der Waals surface area contributed by atoms with Crippen LogP contribution < -0.4 is 19.3 Å². The van der Waals surface area contributed by atoms with Gasteiger partial charge in [0.1, 0.15) is 12.3 Å². The van der Waals surface area contributed by atoms with Gasteiger partial charge in [-0.1, -0.05) is 28.1 Å². The average molecular weight is 422 g/mol. The molecule has 0 unspecified atom stereocenters. The fourth-order valence-corrected chi connectivity index (χ4v) is 3.91. The van der Waals surface area contributed by atoms with Crippen LogP contribution in [0.25, 0.3) is 0 Å². The summed E-state index contributed by atoms with van der Waals surface area (Å²) in [5, 5.41) is 10.4. The standard InChI is InChI=1S/C20H25BrN2O3/c1-3-26-18-7-5-4-6-17(18)23-10-8-22(9-11-23)14-15-12-16(21)13-19(25-2)20(15)24/h4-7,12-13,24H,3,8-11,14H2,1-2H3/p+1. The van der Waals surface area contributed by atoms with E-state index in [4.69, 9.17) is 9.47 Å². The van der Waals surface area contributed by atoms with Crippen LogP contribution in [0.3, 0.4) is 0 Å². The minimum atomic E-state index is 0.243. The molecule has 26 heavy (non-hydrogen) atoms. The number of aromatic hydroxyl groups is 1. The third kappa shape index (κ3) is 4.24. The molecule has 1 heterocycles. The van der Waals surface area contributed by atoms with E-state index in [9.17, 15) is 5.11 Å². The molecule has 0 amide bonds. The lowest BCUT2D eigenvalue weighted by Gasteiger charge is -2.34. The van der Waals surface area contributed by atoms with Crippen LogP contribution in [0.2, 0.25) is 0 Å². The Morgan fingerprint density at radius 2 is 1.88 bits per heavy atom. The van der Waals surface area contributed by atoms with Gasteiger partial charge in [-0.25, -0.2) is 0 Å². The van der Waals surface area contributed by atoms with Crippen molar-refractivity contribution in [3.05, 3.63) is 46.4 Å². The Balaban J connectivity index is 1.66. The number of nitrogens with zero attached hydrogens (tertiary/aromatic N) is 1. The maximum absolute atomic E-state index is 10.4. The number of quaternary nitrogens is 1. The lowest BCUT2D eigenvalue weighted by atomic mass is 10.1. The summed E-state index contributed by atoms with van der Waals surface area (Å²) in [5.41, 5.74) is 2.08. The van der Waals surface area contributed by atoms with E-state index >= 15 is 0 Å². The molecule has 0 radical (unpaired) electrons. The van der Waals surface area contributed by atoms with E-state index in [1.54, 1.807) is 13.2 Å². The molecule has 2 aromatic carbocycles. The second kappa shape index (κ2) is 8.64. The second-order valence-electron chi connectivity index (χ2n) is 6.43. The summed E-state index contributed by atoms with van der Waals surface area (Å²) < 4.78 is 11.9. The fourth-order valence-electron chi connectivity index (χ4n) is 3.42. The van der Waals surface area contributed by atoms with Crippen molar-refractivity contribution in [3.63, 3.8) is 0 Å². The van der Waals surface area contributed by atoms with Crippen molar-refractivity contribution in [1.29, 1.82) is 0 Å². The topological polar surface area (TPSA) is 46.4 Å². The Bertz CT molecular complexity index is 746. The number of phenolic OH excluding ortho intramolecular Hbond substituents is 1. The van der Waals surface area contributed by atoms with Gasteiger partial charge in [-0.2, -0.15) is 0 Å². The summed E-state index contributed by atoms with van der Waals surface area (Å²) in [5.74, 6) is 1.71. The summed E-state index contributed by atoms with van der Waals surface area (Å²) in [7, 11) is 1.58. The Kier molecular flexibility index (Phi) is 6.27. The normalized spacial score (nSPS) is 15.1. The van der Waals surface area contributed by atoms with Crippen LogP contribution in [0.4, 0.5) is 5.69 Å². The Hall–Kier alpha value is -1.92. The van der Waals surface area contributed by atoms with Gasteiger partial charge in [-0.05, 0) is 31.2 Å². The van der Waals surface area contributed by atoms with Gasteiger partial charge in [0, 0.05) is 4.47 Å². The van der Waals surface area contributed by atoms with Crippen LogP contribution in [0, 0.1) is 0 Å². The third-order valence-corrected chi connectivity index (χ3v) is 5.21. The van der Waals surface area contributed by atoms with Gasteiger partial charge in [-0.3, -0.25) is 0 Å². The molecular weight excluding hydrogens is 396 g/mol. The SMILES string of the molecule is CCOc1ccccc1N1CC[NH+](Cc2cc(Br)cc(OC)c2O)CC1. The van der Waals surface area contributed by atoms with Crippen molar-refractivity contribution >= 4 is 21.6 Å². The highest BCUT2D eigenvalue weighted by molar-refractivity contribution is 9.10. The summed E-state index contributed by atoms with van der Waals surface area (Å²) in [4.78, 5) is 3.83. The quantitative estimate of drug-likeness (QED) is 0.751.